The maximum Gasteiger partial charge on any atom is 0.152 e. The third-order valence-corrected chi connectivity index (χ3v) is 8.32. The number of fused-ring (bicyclic) bond motifs is 1. The summed E-state index contributed by atoms with van der Waals surface area (Å²) in [7, 11) is -0.698. The number of H-pyrrole nitrogens is 1. The number of nitrogens with zero attached hydrogens (tertiary/aromatic N) is 1. The van der Waals surface area contributed by atoms with Gasteiger partial charge in [0.05, 0.1) is 22.7 Å². The van der Waals surface area contributed by atoms with E-state index in [9.17, 15) is 8.42 Å². The molecule has 5 rings (SSSR count). The Labute approximate surface area is 190 Å². The van der Waals surface area contributed by atoms with Gasteiger partial charge in [-0.15, -0.1) is 0 Å². The third kappa shape index (κ3) is 4.58. The summed E-state index contributed by atoms with van der Waals surface area (Å²) < 4.78 is 29.2. The van der Waals surface area contributed by atoms with Gasteiger partial charge < -0.3 is 15.0 Å². The molecule has 2 aliphatic heterocycles. The largest absolute Gasteiger partial charge is 0.381 e. The van der Waals surface area contributed by atoms with Crippen LogP contribution in [0.15, 0.2) is 42.5 Å². The van der Waals surface area contributed by atoms with Crippen molar-refractivity contribution >= 4 is 39.7 Å². The minimum atomic E-state index is -2.87. The standard InChI is InChI=1S/C24H30BN3O3S/c25-22-20-14-17(16-28-8-12-32(29,30)13-9-28)15-21(26-19-6-10-31-11-7-19)24(20)27-23(22)18-4-2-1-3-5-18/h1-5,14-15,19,26-27H,6-13,16,25H2. The van der Waals surface area contributed by atoms with Gasteiger partial charge in [-0.3, -0.25) is 4.90 Å². The number of hydrogen-bond donors (Lipinski definition) is 2. The summed E-state index contributed by atoms with van der Waals surface area (Å²) in [5.74, 6) is 0.507. The summed E-state index contributed by atoms with van der Waals surface area (Å²) >= 11 is 0. The highest BCUT2D eigenvalue weighted by Crippen LogP contribution is 2.30. The molecule has 168 valence electrons. The molecule has 0 aliphatic carbocycles. The van der Waals surface area contributed by atoms with Gasteiger partial charge in [-0.1, -0.05) is 35.8 Å². The van der Waals surface area contributed by atoms with E-state index in [0.717, 1.165) is 49.5 Å². The summed E-state index contributed by atoms with van der Waals surface area (Å²) in [4.78, 5) is 5.94. The third-order valence-electron chi connectivity index (χ3n) is 6.71. The van der Waals surface area contributed by atoms with E-state index >= 15 is 0 Å². The van der Waals surface area contributed by atoms with Crippen molar-refractivity contribution in [1.29, 1.82) is 0 Å². The van der Waals surface area contributed by atoms with Crippen molar-refractivity contribution in [2.75, 3.05) is 43.1 Å². The first-order chi connectivity index (χ1) is 15.5. The molecule has 0 spiro atoms. The van der Waals surface area contributed by atoms with Gasteiger partial charge in [-0.2, -0.15) is 0 Å². The number of anilines is 1. The highest BCUT2D eigenvalue weighted by Gasteiger charge is 2.23. The fourth-order valence-electron chi connectivity index (χ4n) is 4.81. The Morgan fingerprint density at radius 3 is 2.53 bits per heavy atom. The number of aromatic nitrogens is 1. The fraction of sp³-hybridized carbons (Fsp3) is 0.417. The second-order valence-electron chi connectivity index (χ2n) is 9.02. The molecule has 3 aromatic rings. The van der Waals surface area contributed by atoms with E-state index < -0.39 is 9.84 Å². The molecule has 0 atom stereocenters. The van der Waals surface area contributed by atoms with Crippen molar-refractivity contribution in [3.05, 3.63) is 48.0 Å². The summed E-state index contributed by atoms with van der Waals surface area (Å²) in [5, 5.41) is 5.00. The van der Waals surface area contributed by atoms with Gasteiger partial charge in [0, 0.05) is 44.6 Å². The second kappa shape index (κ2) is 8.92. The average Bonchev–Trinajstić information content (AvgIpc) is 3.13. The predicted octanol–water partition coefficient (Wildman–Crippen LogP) is 1.91. The Morgan fingerprint density at radius 2 is 1.81 bits per heavy atom. The maximum atomic E-state index is 11.8. The quantitative estimate of drug-likeness (QED) is 0.580. The number of ether oxygens (including phenoxy) is 1. The topological polar surface area (TPSA) is 74.4 Å². The summed E-state index contributed by atoms with van der Waals surface area (Å²) in [6, 6.07) is 15.4. The average molecular weight is 451 g/mol. The monoisotopic (exact) mass is 451 g/mol. The van der Waals surface area contributed by atoms with Crippen LogP contribution in [0.5, 0.6) is 0 Å². The minimum absolute atomic E-state index is 0.254. The van der Waals surface area contributed by atoms with Crippen LogP contribution in [0.25, 0.3) is 22.2 Å². The molecule has 2 saturated heterocycles. The Balaban J connectivity index is 1.51. The lowest BCUT2D eigenvalue weighted by Crippen LogP contribution is -2.39. The van der Waals surface area contributed by atoms with E-state index in [-0.39, 0.29) is 11.5 Å². The molecule has 2 fully saturated rings. The SMILES string of the molecule is Bc1c(-c2ccccc2)[nH]c2c(NC3CCOCC3)cc(CN3CCS(=O)(=O)CC3)cc12. The predicted molar refractivity (Wildman–Crippen MR) is 133 cm³/mol. The zero-order valence-electron chi connectivity index (χ0n) is 18.6. The zero-order chi connectivity index (χ0) is 22.1. The van der Waals surface area contributed by atoms with Crippen LogP contribution in [0.4, 0.5) is 5.69 Å². The molecule has 0 unspecified atom stereocenters. The number of hydrogen-bond acceptors (Lipinski definition) is 5. The summed E-state index contributed by atoms with van der Waals surface area (Å²) in [6.07, 6.45) is 2.00. The van der Waals surface area contributed by atoms with Crippen molar-refractivity contribution < 1.29 is 13.2 Å². The van der Waals surface area contributed by atoms with Gasteiger partial charge >= 0.3 is 0 Å². The van der Waals surface area contributed by atoms with Crippen LogP contribution in [0.1, 0.15) is 18.4 Å². The van der Waals surface area contributed by atoms with Gasteiger partial charge in [-0.25, -0.2) is 8.42 Å². The molecule has 6 nitrogen and oxygen atoms in total. The van der Waals surface area contributed by atoms with Crippen molar-refractivity contribution in [3.8, 4) is 11.3 Å². The molecule has 0 bridgehead atoms. The van der Waals surface area contributed by atoms with Crippen LogP contribution in [-0.2, 0) is 21.1 Å². The van der Waals surface area contributed by atoms with Gasteiger partial charge in [-0.05, 0) is 41.5 Å². The van der Waals surface area contributed by atoms with Crippen LogP contribution in [0, 0.1) is 0 Å². The number of benzene rings is 2. The van der Waals surface area contributed by atoms with E-state index in [2.05, 4.69) is 59.4 Å². The normalized spacial score (nSPS) is 19.9. The molecular weight excluding hydrogens is 421 g/mol. The molecule has 2 aromatic carbocycles. The molecule has 2 aliphatic rings. The molecule has 3 heterocycles. The van der Waals surface area contributed by atoms with Crippen LogP contribution in [0.3, 0.4) is 0 Å². The van der Waals surface area contributed by atoms with Crippen molar-refractivity contribution in [1.82, 2.24) is 9.88 Å². The first kappa shape index (κ1) is 21.6. The van der Waals surface area contributed by atoms with Crippen LogP contribution in [-0.4, -0.2) is 70.0 Å². The molecule has 0 radical (unpaired) electrons. The molecule has 1 aromatic heterocycles. The van der Waals surface area contributed by atoms with Crippen molar-refractivity contribution in [2.45, 2.75) is 25.4 Å². The molecule has 32 heavy (non-hydrogen) atoms. The van der Waals surface area contributed by atoms with Crippen molar-refractivity contribution in [2.24, 2.45) is 0 Å². The molecule has 8 heteroatoms. The van der Waals surface area contributed by atoms with E-state index in [0.29, 0.717) is 19.1 Å². The van der Waals surface area contributed by atoms with E-state index in [1.807, 2.05) is 6.07 Å². The van der Waals surface area contributed by atoms with E-state index in [1.54, 1.807) is 0 Å². The van der Waals surface area contributed by atoms with Crippen LogP contribution in [0.2, 0.25) is 0 Å². The lowest BCUT2D eigenvalue weighted by Gasteiger charge is -2.27. The number of rotatable bonds is 5. The minimum Gasteiger partial charge on any atom is -0.381 e. The van der Waals surface area contributed by atoms with E-state index in [4.69, 9.17) is 4.74 Å². The van der Waals surface area contributed by atoms with Gasteiger partial charge in [0.1, 0.15) is 7.85 Å². The Hall–Kier alpha value is -2.29. The van der Waals surface area contributed by atoms with Gasteiger partial charge in [0.15, 0.2) is 9.84 Å². The Kier molecular flexibility index (Phi) is 6.01. The first-order valence-electron chi connectivity index (χ1n) is 11.5. The zero-order valence-corrected chi connectivity index (χ0v) is 19.4. The van der Waals surface area contributed by atoms with Gasteiger partial charge in [0.2, 0.25) is 0 Å². The highest BCUT2D eigenvalue weighted by atomic mass is 32.2. The highest BCUT2D eigenvalue weighted by molar-refractivity contribution is 7.91. The van der Waals surface area contributed by atoms with Crippen LogP contribution >= 0.6 is 0 Å². The molecule has 0 amide bonds. The number of nitrogens with one attached hydrogen (secondary N) is 2. The Morgan fingerprint density at radius 1 is 1.09 bits per heavy atom. The summed E-state index contributed by atoms with van der Waals surface area (Å²) in [5.41, 5.74) is 7.05. The second-order valence-corrected chi connectivity index (χ2v) is 11.3. The van der Waals surface area contributed by atoms with E-state index in [1.165, 1.54) is 22.0 Å². The maximum absolute atomic E-state index is 11.8. The first-order valence-corrected chi connectivity index (χ1v) is 13.3. The number of sulfone groups is 1. The lowest BCUT2D eigenvalue weighted by atomic mass is 9.89. The lowest BCUT2D eigenvalue weighted by molar-refractivity contribution is 0.0905. The molecule has 2 N–H and O–H groups in total. The van der Waals surface area contributed by atoms with Gasteiger partial charge in [0.25, 0.3) is 0 Å². The van der Waals surface area contributed by atoms with Crippen LogP contribution < -0.4 is 10.8 Å². The number of aromatic amines is 1. The summed E-state index contributed by atoms with van der Waals surface area (Å²) in [6.45, 7) is 3.55. The Bertz CT molecular complexity index is 1190. The van der Waals surface area contributed by atoms with Crippen molar-refractivity contribution in [3.63, 3.8) is 0 Å². The molecule has 0 saturated carbocycles. The smallest absolute Gasteiger partial charge is 0.152 e. The fourth-order valence-corrected chi connectivity index (χ4v) is 6.09. The molecular formula is C24H30BN3O3S.